The summed E-state index contributed by atoms with van der Waals surface area (Å²) < 4.78 is 100. The van der Waals surface area contributed by atoms with E-state index in [1.165, 1.54) is 73.0 Å². The van der Waals surface area contributed by atoms with E-state index in [4.69, 9.17) is 14.2 Å². The number of carbonyl (C=O) groups excluding carboxylic acids is 1. The number of halogens is 6. The molecule has 0 saturated heterocycles. The Bertz CT molecular complexity index is 3640. The zero-order valence-electron chi connectivity index (χ0n) is 41.1. The summed E-state index contributed by atoms with van der Waals surface area (Å²) in [7, 11) is 6.96. The van der Waals surface area contributed by atoms with E-state index >= 15 is 0 Å². The molecular weight excluding hydrogens is 999 g/mol. The van der Waals surface area contributed by atoms with Gasteiger partial charge in [0.25, 0.3) is 11.1 Å². The molecule has 2 aromatic carbocycles. The summed E-state index contributed by atoms with van der Waals surface area (Å²) in [6.45, 7) is 6.60. The number of ether oxygens (including phenoxy) is 3. The minimum absolute atomic E-state index is 0.00965. The van der Waals surface area contributed by atoms with Crippen molar-refractivity contribution in [3.63, 3.8) is 0 Å². The van der Waals surface area contributed by atoms with E-state index in [-0.39, 0.29) is 62.7 Å². The third kappa shape index (κ3) is 11.8. The number of aryl methyl sites for hydroxylation is 6. The number of anilines is 4. The molecule has 6 aromatic heterocycles. The third-order valence-electron chi connectivity index (χ3n) is 11.0. The molecule has 8 aromatic rings. The smallest absolute Gasteiger partial charge is 0.435 e. The van der Waals surface area contributed by atoms with Crippen LogP contribution in [0.1, 0.15) is 54.6 Å². The van der Waals surface area contributed by atoms with Crippen LogP contribution in [0.3, 0.4) is 0 Å². The van der Waals surface area contributed by atoms with Crippen molar-refractivity contribution >= 4 is 35.2 Å². The molecule has 0 fully saturated rings. The number of aromatic nitrogens is 10. The Labute approximate surface area is 420 Å². The fraction of sp³-hybridized carbons (Fsp3) is 0.224. The number of nitrogens with one attached hydrogen (secondary N) is 2. The van der Waals surface area contributed by atoms with Gasteiger partial charge in [-0.2, -0.15) is 46.5 Å². The van der Waals surface area contributed by atoms with Crippen molar-refractivity contribution in [3.8, 4) is 45.4 Å². The van der Waals surface area contributed by atoms with Crippen LogP contribution in [0, 0.1) is 27.7 Å². The number of esters is 1. The number of carbonyl (C=O) groups is 2. The van der Waals surface area contributed by atoms with E-state index in [0.717, 1.165) is 54.9 Å². The maximum atomic E-state index is 13.5. The summed E-state index contributed by atoms with van der Waals surface area (Å²) in [6, 6.07) is 14.8. The van der Waals surface area contributed by atoms with Crippen molar-refractivity contribution in [2.75, 3.05) is 32.0 Å². The summed E-state index contributed by atoms with van der Waals surface area (Å²) in [5, 5.41) is 22.9. The number of nitrogens with zero attached hydrogens (tertiary/aromatic N) is 10. The lowest BCUT2D eigenvalue weighted by Gasteiger charge is -2.15. The lowest BCUT2D eigenvalue weighted by atomic mass is 10.1. The standard InChI is InChI=1S/C25H23F3N6O4.C24H21F3N6O4/c1-13-6-16(10-17(7-13)37-4)30-24-29-11-19(15-9-18(23(36)38-5)22(35)33(3)12-15)21(31-24)34-14(2)8-20(32-34)25(26,27)28;1-12-5-15(9-16(6-12)37-4)29-23-28-10-18(14-8-17(22(35)36)21(34)32(3)11-14)20(30-23)33-13(2)7-19(31-33)24(25,26)27/h6-12H,1-5H3,(H,29,30,31);5-11H,1-4H3,(H,35,36)(H,28,29,30). The number of pyridine rings is 2. The molecular formula is C49H44F6N12O8. The lowest BCUT2D eigenvalue weighted by Crippen LogP contribution is -2.25. The average molecular weight is 1040 g/mol. The number of hydrogen-bond acceptors (Lipinski definition) is 15. The highest BCUT2D eigenvalue weighted by Gasteiger charge is 2.36. The Morgan fingerprint density at radius 3 is 1.35 bits per heavy atom. The lowest BCUT2D eigenvalue weighted by molar-refractivity contribution is -0.142. The Morgan fingerprint density at radius 2 is 0.987 bits per heavy atom. The molecule has 8 rings (SSSR count). The summed E-state index contributed by atoms with van der Waals surface area (Å²) in [5.41, 5.74) is -0.310. The van der Waals surface area contributed by atoms with Crippen LogP contribution in [0.4, 0.5) is 49.6 Å². The molecule has 0 aliphatic heterocycles. The topological polar surface area (TPSA) is 237 Å². The molecule has 390 valence electrons. The van der Waals surface area contributed by atoms with E-state index < -0.39 is 52.4 Å². The fourth-order valence-electron chi connectivity index (χ4n) is 7.51. The minimum Gasteiger partial charge on any atom is -0.497 e. The molecule has 0 radical (unpaired) electrons. The zero-order valence-corrected chi connectivity index (χ0v) is 41.1. The normalized spacial score (nSPS) is 11.4. The first-order chi connectivity index (χ1) is 35.3. The maximum Gasteiger partial charge on any atom is 0.435 e. The Morgan fingerprint density at radius 1 is 0.587 bits per heavy atom. The fourth-order valence-corrected chi connectivity index (χ4v) is 7.51. The van der Waals surface area contributed by atoms with Crippen LogP contribution in [-0.2, 0) is 31.2 Å². The van der Waals surface area contributed by atoms with Crippen LogP contribution < -0.4 is 31.2 Å². The SMILES string of the molecule is COC(=O)c1cc(-c2cnc(Nc3cc(C)cc(OC)c3)nc2-n2nc(C(F)(F)F)cc2C)cn(C)c1=O.COc1cc(C)cc(Nc2ncc(-c3cc(C(=O)O)c(=O)n(C)c3)c(-n3nc(C(F)(F)F)cc3C)n2)c1. The second-order valence-electron chi connectivity index (χ2n) is 16.7. The highest BCUT2D eigenvalue weighted by molar-refractivity contribution is 5.91. The van der Waals surface area contributed by atoms with Crippen molar-refractivity contribution in [1.82, 2.24) is 48.6 Å². The van der Waals surface area contributed by atoms with E-state index in [1.54, 1.807) is 18.2 Å². The summed E-state index contributed by atoms with van der Waals surface area (Å²) in [5.74, 6) is -1.12. The van der Waals surface area contributed by atoms with Gasteiger partial charge in [0.15, 0.2) is 23.0 Å². The monoisotopic (exact) mass is 1040 g/mol. The number of carboxylic acids is 1. The molecule has 6 heterocycles. The molecule has 0 spiro atoms. The average Bonchev–Trinajstić information content (AvgIpc) is 3.95. The molecule has 0 amide bonds. The van der Waals surface area contributed by atoms with Gasteiger partial charge in [0.2, 0.25) is 11.9 Å². The number of alkyl halides is 6. The summed E-state index contributed by atoms with van der Waals surface area (Å²) in [4.78, 5) is 66.0. The van der Waals surface area contributed by atoms with Crippen molar-refractivity contribution in [2.24, 2.45) is 14.1 Å². The molecule has 0 aliphatic rings. The minimum atomic E-state index is -4.70. The second-order valence-corrected chi connectivity index (χ2v) is 16.7. The highest BCUT2D eigenvalue weighted by Crippen LogP contribution is 2.35. The van der Waals surface area contributed by atoms with Gasteiger partial charge in [-0.05, 0) is 87.4 Å². The van der Waals surface area contributed by atoms with Crippen LogP contribution in [0.15, 0.2) is 95.0 Å². The molecule has 0 bridgehead atoms. The molecule has 20 nitrogen and oxygen atoms in total. The van der Waals surface area contributed by atoms with Gasteiger partial charge in [-0.15, -0.1) is 0 Å². The number of methoxy groups -OCH3 is 3. The number of hydrogen-bond donors (Lipinski definition) is 3. The Hall–Kier alpha value is -9.36. The Kier molecular flexibility index (Phi) is 15.0. The van der Waals surface area contributed by atoms with Gasteiger partial charge in [-0.25, -0.2) is 28.9 Å². The van der Waals surface area contributed by atoms with E-state index in [0.29, 0.717) is 22.9 Å². The van der Waals surface area contributed by atoms with E-state index in [1.807, 2.05) is 32.0 Å². The van der Waals surface area contributed by atoms with Crippen molar-refractivity contribution < 1.29 is 55.2 Å². The molecule has 0 saturated carbocycles. The van der Waals surface area contributed by atoms with Crippen LogP contribution in [-0.4, -0.2) is 87.0 Å². The maximum absolute atomic E-state index is 13.5. The van der Waals surface area contributed by atoms with Crippen molar-refractivity contribution in [3.05, 3.63) is 151 Å². The van der Waals surface area contributed by atoms with Gasteiger partial charge in [-0.3, -0.25) is 9.59 Å². The van der Waals surface area contributed by atoms with Crippen LogP contribution >= 0.6 is 0 Å². The summed E-state index contributed by atoms with van der Waals surface area (Å²) >= 11 is 0. The van der Waals surface area contributed by atoms with Crippen LogP contribution in [0.2, 0.25) is 0 Å². The number of benzene rings is 2. The molecule has 0 aliphatic carbocycles. The molecule has 0 unspecified atom stereocenters. The van der Waals surface area contributed by atoms with Crippen molar-refractivity contribution in [1.29, 1.82) is 0 Å². The van der Waals surface area contributed by atoms with E-state index in [9.17, 15) is 50.6 Å². The van der Waals surface area contributed by atoms with Gasteiger partial charge < -0.3 is 39.1 Å². The van der Waals surface area contributed by atoms with Gasteiger partial charge >= 0.3 is 24.3 Å². The first-order valence-corrected chi connectivity index (χ1v) is 21.9. The van der Waals surface area contributed by atoms with Crippen LogP contribution in [0.5, 0.6) is 11.5 Å². The zero-order chi connectivity index (χ0) is 54.8. The number of rotatable bonds is 12. The predicted molar refractivity (Wildman–Crippen MR) is 259 cm³/mol. The first-order valence-electron chi connectivity index (χ1n) is 21.9. The highest BCUT2D eigenvalue weighted by atomic mass is 19.4. The van der Waals surface area contributed by atoms with Gasteiger partial charge in [0.1, 0.15) is 22.6 Å². The molecule has 3 N–H and O–H groups in total. The van der Waals surface area contributed by atoms with Crippen molar-refractivity contribution in [2.45, 2.75) is 40.0 Å². The Balaban J connectivity index is 0.000000219. The largest absolute Gasteiger partial charge is 0.497 e. The first kappa shape index (κ1) is 53.4. The number of aromatic carboxylic acids is 1. The molecule has 75 heavy (non-hydrogen) atoms. The molecule has 0 atom stereocenters. The van der Waals surface area contributed by atoms with Gasteiger partial charge in [-0.1, -0.05) is 0 Å². The quantitative estimate of drug-likeness (QED) is 0.0770. The number of carboxylic acid groups (broad SMARTS) is 1. The molecule has 26 heteroatoms. The van der Waals surface area contributed by atoms with E-state index in [2.05, 4.69) is 40.8 Å². The third-order valence-corrected chi connectivity index (χ3v) is 11.0. The van der Waals surface area contributed by atoms with Gasteiger partial charge in [0, 0.05) is 96.0 Å². The van der Waals surface area contributed by atoms with Gasteiger partial charge in [0.05, 0.1) is 21.3 Å². The second kappa shape index (κ2) is 21.0. The predicted octanol–water partition coefficient (Wildman–Crippen LogP) is 8.32. The van der Waals surface area contributed by atoms with Crippen LogP contribution in [0.25, 0.3) is 33.9 Å². The summed E-state index contributed by atoms with van der Waals surface area (Å²) in [6.07, 6.45) is -3.94.